The number of benzene rings is 1. The number of carbonyl (C=O) groups is 1. The second kappa shape index (κ2) is 7.12. The lowest BCUT2D eigenvalue weighted by molar-refractivity contribution is -0.536. The largest absolute Gasteiger partial charge is 0.444 e. The molecule has 0 aliphatic heterocycles. The molecule has 0 unspecified atom stereocenters. The molecule has 0 saturated carbocycles. The highest BCUT2D eigenvalue weighted by atomic mass is 79.9. The van der Waals surface area contributed by atoms with Gasteiger partial charge in [0.15, 0.2) is 0 Å². The Kier molecular flexibility index (Phi) is 6.14. The Bertz CT molecular complexity index is 617. The van der Waals surface area contributed by atoms with E-state index in [2.05, 4.69) is 37.2 Å². The van der Waals surface area contributed by atoms with Gasteiger partial charge in [0.25, 0.3) is 4.45 Å². The van der Waals surface area contributed by atoms with Crippen molar-refractivity contribution in [2.75, 3.05) is 0 Å². The first kappa shape index (κ1) is 19.8. The van der Waals surface area contributed by atoms with Crippen molar-refractivity contribution in [3.63, 3.8) is 0 Å². The maximum Gasteiger partial charge on any atom is 0.408 e. The fourth-order valence-corrected chi connectivity index (χ4v) is 2.52. The summed E-state index contributed by atoms with van der Waals surface area (Å²) in [6.45, 7) is 6.33. The van der Waals surface area contributed by atoms with E-state index in [1.165, 1.54) is 19.1 Å². The highest BCUT2D eigenvalue weighted by Gasteiger charge is 2.46. The predicted molar refractivity (Wildman–Crippen MR) is 90.5 cm³/mol. The number of nitro groups is 1. The maximum atomic E-state index is 13.4. The number of alkyl halides is 1. The first-order chi connectivity index (χ1) is 10.3. The molecular weight excluding hydrogens is 439 g/mol. The van der Waals surface area contributed by atoms with Gasteiger partial charge >= 0.3 is 6.09 Å². The van der Waals surface area contributed by atoms with Crippen molar-refractivity contribution in [1.29, 1.82) is 0 Å². The monoisotopic (exact) mass is 454 g/mol. The molecule has 0 heterocycles. The molecule has 9 heteroatoms. The predicted octanol–water partition coefficient (Wildman–Crippen LogP) is 4.54. The molecule has 128 valence electrons. The van der Waals surface area contributed by atoms with Crippen LogP contribution in [0.25, 0.3) is 0 Å². The summed E-state index contributed by atoms with van der Waals surface area (Å²) in [6, 6.07) is 2.82. The molecule has 1 aromatic rings. The number of nitrogens with one attached hydrogen (secondary N) is 1. The van der Waals surface area contributed by atoms with Crippen LogP contribution < -0.4 is 5.32 Å². The minimum absolute atomic E-state index is 0.137. The second-order valence-corrected chi connectivity index (χ2v) is 8.49. The lowest BCUT2D eigenvalue weighted by atomic mass is 10.0. The number of hydrogen-bond acceptors (Lipinski definition) is 4. The third kappa shape index (κ3) is 5.42. The Morgan fingerprint density at radius 1 is 1.39 bits per heavy atom. The fourth-order valence-electron chi connectivity index (χ4n) is 1.74. The Morgan fingerprint density at radius 2 is 1.96 bits per heavy atom. The number of halogens is 3. The second-order valence-electron chi connectivity index (χ2n) is 6.03. The van der Waals surface area contributed by atoms with Crippen molar-refractivity contribution in [2.24, 2.45) is 0 Å². The van der Waals surface area contributed by atoms with Crippen LogP contribution in [0.1, 0.15) is 39.3 Å². The summed E-state index contributed by atoms with van der Waals surface area (Å²) < 4.78 is 17.0. The molecule has 2 atom stereocenters. The lowest BCUT2D eigenvalue weighted by Crippen LogP contribution is -2.46. The highest BCUT2D eigenvalue weighted by molar-refractivity contribution is 9.10. The SMILES string of the molecule is CC(C)(C)OC(=O)N[C@@H](c1ccc(F)c(Br)c1)[C@](C)(Br)[N+](=O)[O-]. The zero-order valence-electron chi connectivity index (χ0n) is 13.0. The van der Waals surface area contributed by atoms with Gasteiger partial charge in [0.2, 0.25) is 0 Å². The van der Waals surface area contributed by atoms with Gasteiger partial charge in [0.1, 0.15) is 17.5 Å². The quantitative estimate of drug-likeness (QED) is 0.312. The summed E-state index contributed by atoms with van der Waals surface area (Å²) in [7, 11) is 0. The van der Waals surface area contributed by atoms with Crippen LogP contribution in [0.5, 0.6) is 0 Å². The van der Waals surface area contributed by atoms with E-state index in [0.717, 1.165) is 6.07 Å². The molecular formula is C14H17Br2FN2O4. The molecule has 0 fully saturated rings. The van der Waals surface area contributed by atoms with Crippen LogP contribution in [0.3, 0.4) is 0 Å². The van der Waals surface area contributed by atoms with Gasteiger partial charge < -0.3 is 10.1 Å². The van der Waals surface area contributed by atoms with Crippen LogP contribution >= 0.6 is 31.9 Å². The number of hydrogen-bond donors (Lipinski definition) is 1. The molecule has 0 bridgehead atoms. The van der Waals surface area contributed by atoms with Crippen LogP contribution in [0.15, 0.2) is 22.7 Å². The van der Waals surface area contributed by atoms with Crippen LogP contribution in [0.4, 0.5) is 9.18 Å². The van der Waals surface area contributed by atoms with Crippen molar-refractivity contribution in [2.45, 2.75) is 43.8 Å². The zero-order chi connectivity index (χ0) is 18.0. The molecule has 1 rings (SSSR count). The highest BCUT2D eigenvalue weighted by Crippen LogP contribution is 2.35. The van der Waals surface area contributed by atoms with Crippen LogP contribution in [-0.2, 0) is 4.74 Å². The van der Waals surface area contributed by atoms with Crippen molar-refractivity contribution in [3.8, 4) is 0 Å². The van der Waals surface area contributed by atoms with Crippen molar-refractivity contribution < 1.29 is 18.8 Å². The number of carbonyl (C=O) groups excluding carboxylic acids is 1. The van der Waals surface area contributed by atoms with E-state index in [1.54, 1.807) is 20.8 Å². The third-order valence-electron chi connectivity index (χ3n) is 2.82. The molecule has 0 radical (unpaired) electrons. The van der Waals surface area contributed by atoms with E-state index >= 15 is 0 Å². The minimum Gasteiger partial charge on any atom is -0.444 e. The number of alkyl carbamates (subject to hydrolysis) is 1. The standard InChI is InChI=1S/C14H17Br2FN2O4/c1-13(2,3)23-12(20)18-11(14(4,16)19(21)22)8-5-6-10(17)9(15)7-8/h5-7,11H,1-4H3,(H,18,20)/t11-,14+/m0/s1. The molecule has 0 spiro atoms. The zero-order valence-corrected chi connectivity index (χ0v) is 16.2. The van der Waals surface area contributed by atoms with E-state index in [-0.39, 0.29) is 4.47 Å². The van der Waals surface area contributed by atoms with E-state index in [0.29, 0.717) is 5.56 Å². The Labute approximate surface area is 150 Å². The summed E-state index contributed by atoms with van der Waals surface area (Å²) in [5.74, 6) is -0.512. The molecule has 1 aromatic carbocycles. The van der Waals surface area contributed by atoms with Crippen LogP contribution in [0, 0.1) is 15.9 Å². The van der Waals surface area contributed by atoms with E-state index in [9.17, 15) is 19.3 Å². The van der Waals surface area contributed by atoms with Gasteiger partial charge in [0, 0.05) is 27.8 Å². The molecule has 1 N–H and O–H groups in total. The number of amides is 1. The van der Waals surface area contributed by atoms with Crippen LogP contribution in [0.2, 0.25) is 0 Å². The van der Waals surface area contributed by atoms with Gasteiger partial charge in [-0.2, -0.15) is 0 Å². The first-order valence-electron chi connectivity index (χ1n) is 6.62. The molecule has 6 nitrogen and oxygen atoms in total. The van der Waals surface area contributed by atoms with Gasteiger partial charge in [-0.05, 0) is 54.4 Å². The van der Waals surface area contributed by atoms with Gasteiger partial charge in [0.05, 0.1) is 4.47 Å². The van der Waals surface area contributed by atoms with E-state index in [1.807, 2.05) is 0 Å². The van der Waals surface area contributed by atoms with Gasteiger partial charge in [-0.3, -0.25) is 10.1 Å². The Balaban J connectivity index is 3.20. The summed E-state index contributed by atoms with van der Waals surface area (Å²) in [5.41, 5.74) is -0.407. The normalized spacial score (nSPS) is 15.4. The summed E-state index contributed by atoms with van der Waals surface area (Å²) in [6.07, 6.45) is -0.810. The third-order valence-corrected chi connectivity index (χ3v) is 4.18. The number of nitrogens with zero attached hydrogens (tertiary/aromatic N) is 1. The lowest BCUT2D eigenvalue weighted by Gasteiger charge is -2.28. The Morgan fingerprint density at radius 3 is 2.39 bits per heavy atom. The fraction of sp³-hybridized carbons (Fsp3) is 0.500. The van der Waals surface area contributed by atoms with Crippen molar-refractivity contribution >= 4 is 38.0 Å². The average Bonchev–Trinajstić information content (AvgIpc) is 2.37. The topological polar surface area (TPSA) is 81.5 Å². The number of ether oxygens (including phenoxy) is 1. The van der Waals surface area contributed by atoms with Gasteiger partial charge in [-0.1, -0.05) is 6.07 Å². The molecule has 0 aliphatic rings. The van der Waals surface area contributed by atoms with Gasteiger partial charge in [-0.25, -0.2) is 9.18 Å². The van der Waals surface area contributed by atoms with E-state index < -0.39 is 32.9 Å². The molecule has 0 aliphatic carbocycles. The number of rotatable bonds is 4. The molecule has 1 amide bonds. The minimum atomic E-state index is -1.71. The summed E-state index contributed by atoms with van der Waals surface area (Å²) in [5, 5.41) is 13.8. The van der Waals surface area contributed by atoms with Crippen molar-refractivity contribution in [3.05, 3.63) is 44.2 Å². The molecule has 0 aromatic heterocycles. The first-order valence-corrected chi connectivity index (χ1v) is 8.21. The van der Waals surface area contributed by atoms with Crippen LogP contribution in [-0.4, -0.2) is 21.1 Å². The summed E-state index contributed by atoms with van der Waals surface area (Å²) >= 11 is 6.05. The van der Waals surface area contributed by atoms with Crippen molar-refractivity contribution in [1.82, 2.24) is 5.32 Å². The average molecular weight is 456 g/mol. The Hall–Kier alpha value is -1.22. The molecule has 23 heavy (non-hydrogen) atoms. The smallest absolute Gasteiger partial charge is 0.408 e. The maximum absolute atomic E-state index is 13.4. The van der Waals surface area contributed by atoms with Gasteiger partial charge in [-0.15, -0.1) is 0 Å². The molecule has 0 saturated heterocycles. The van der Waals surface area contributed by atoms with E-state index in [4.69, 9.17) is 4.74 Å². The summed E-state index contributed by atoms with van der Waals surface area (Å²) in [4.78, 5) is 22.8.